The number of nitrogens with zero attached hydrogens (tertiary/aromatic N) is 1. The molecular weight excluding hydrogens is 256 g/mol. The molecule has 1 aliphatic carbocycles. The molecular formula is C19H30N2. The molecule has 0 bridgehead atoms. The van der Waals surface area contributed by atoms with Crippen LogP contribution in [0, 0.1) is 5.41 Å². The SMILES string of the molecule is CC1(C)CCCC1NC1CCN(Cc2ccccc2)CC1. The first-order chi connectivity index (χ1) is 10.1. The molecule has 1 saturated carbocycles. The van der Waals surface area contributed by atoms with Gasteiger partial charge in [-0.1, -0.05) is 50.6 Å². The molecule has 1 saturated heterocycles. The van der Waals surface area contributed by atoms with E-state index in [0.29, 0.717) is 5.41 Å². The monoisotopic (exact) mass is 286 g/mol. The fourth-order valence-corrected chi connectivity index (χ4v) is 4.02. The molecule has 2 nitrogen and oxygen atoms in total. The number of nitrogens with one attached hydrogen (secondary N) is 1. The molecule has 1 aliphatic heterocycles. The predicted octanol–water partition coefficient (Wildman–Crippen LogP) is 3.82. The standard InChI is InChI=1S/C19H30N2/c1-19(2)12-6-9-18(19)20-17-10-13-21(14-11-17)15-16-7-4-3-5-8-16/h3-5,7-8,17-18,20H,6,9-15H2,1-2H3. The third-order valence-electron chi connectivity index (χ3n) is 5.53. The quantitative estimate of drug-likeness (QED) is 0.905. The average molecular weight is 286 g/mol. The Morgan fingerprint density at radius 3 is 2.43 bits per heavy atom. The van der Waals surface area contributed by atoms with E-state index in [2.05, 4.69) is 54.4 Å². The van der Waals surface area contributed by atoms with Crippen molar-refractivity contribution in [1.29, 1.82) is 0 Å². The van der Waals surface area contributed by atoms with E-state index in [-0.39, 0.29) is 0 Å². The van der Waals surface area contributed by atoms with E-state index in [4.69, 9.17) is 0 Å². The molecule has 21 heavy (non-hydrogen) atoms. The van der Waals surface area contributed by atoms with Crippen LogP contribution >= 0.6 is 0 Å². The van der Waals surface area contributed by atoms with Gasteiger partial charge < -0.3 is 5.32 Å². The van der Waals surface area contributed by atoms with E-state index < -0.39 is 0 Å². The van der Waals surface area contributed by atoms with Crippen LogP contribution in [0.2, 0.25) is 0 Å². The van der Waals surface area contributed by atoms with Gasteiger partial charge in [0.1, 0.15) is 0 Å². The molecule has 1 aromatic rings. The van der Waals surface area contributed by atoms with Gasteiger partial charge in [-0.25, -0.2) is 0 Å². The fraction of sp³-hybridized carbons (Fsp3) is 0.684. The zero-order valence-corrected chi connectivity index (χ0v) is 13.6. The summed E-state index contributed by atoms with van der Waals surface area (Å²) in [6.07, 6.45) is 6.77. The van der Waals surface area contributed by atoms with Crippen molar-refractivity contribution in [2.24, 2.45) is 5.41 Å². The lowest BCUT2D eigenvalue weighted by Crippen LogP contribution is -2.48. The summed E-state index contributed by atoms with van der Waals surface area (Å²) in [7, 11) is 0. The molecule has 0 spiro atoms. The molecule has 1 atom stereocenters. The normalized spacial score (nSPS) is 27.0. The highest BCUT2D eigenvalue weighted by Crippen LogP contribution is 2.37. The van der Waals surface area contributed by atoms with E-state index in [9.17, 15) is 0 Å². The van der Waals surface area contributed by atoms with Crippen molar-refractivity contribution >= 4 is 0 Å². The lowest BCUT2D eigenvalue weighted by molar-refractivity contribution is 0.166. The van der Waals surface area contributed by atoms with Gasteiger partial charge in [-0.05, 0) is 49.8 Å². The minimum Gasteiger partial charge on any atom is -0.311 e. The van der Waals surface area contributed by atoms with Gasteiger partial charge in [0.15, 0.2) is 0 Å². The molecule has 0 aromatic heterocycles. The van der Waals surface area contributed by atoms with Crippen LogP contribution in [-0.2, 0) is 6.54 Å². The number of likely N-dealkylation sites (tertiary alicyclic amines) is 1. The Morgan fingerprint density at radius 1 is 1.10 bits per heavy atom. The molecule has 1 aromatic carbocycles. The van der Waals surface area contributed by atoms with Crippen molar-refractivity contribution in [2.75, 3.05) is 13.1 Å². The van der Waals surface area contributed by atoms with Gasteiger partial charge >= 0.3 is 0 Å². The molecule has 116 valence electrons. The third-order valence-corrected chi connectivity index (χ3v) is 5.53. The Morgan fingerprint density at radius 2 is 1.81 bits per heavy atom. The van der Waals surface area contributed by atoms with Crippen LogP contribution in [-0.4, -0.2) is 30.1 Å². The number of rotatable bonds is 4. The summed E-state index contributed by atoms with van der Waals surface area (Å²) in [6, 6.07) is 12.3. The first-order valence-corrected chi connectivity index (χ1v) is 8.66. The van der Waals surface area contributed by atoms with E-state index in [1.807, 2.05) is 0 Å². The second kappa shape index (κ2) is 6.50. The molecule has 1 N–H and O–H groups in total. The maximum atomic E-state index is 3.97. The van der Waals surface area contributed by atoms with Crippen molar-refractivity contribution in [3.05, 3.63) is 35.9 Å². The lowest BCUT2D eigenvalue weighted by Gasteiger charge is -2.37. The summed E-state index contributed by atoms with van der Waals surface area (Å²) >= 11 is 0. The highest BCUT2D eigenvalue weighted by atomic mass is 15.1. The Labute approximate surface area is 129 Å². The van der Waals surface area contributed by atoms with Gasteiger partial charge in [0.05, 0.1) is 0 Å². The number of hydrogen-bond acceptors (Lipinski definition) is 2. The maximum absolute atomic E-state index is 3.97. The van der Waals surface area contributed by atoms with Crippen molar-refractivity contribution in [3.63, 3.8) is 0 Å². The third kappa shape index (κ3) is 3.87. The van der Waals surface area contributed by atoms with Gasteiger partial charge in [0.25, 0.3) is 0 Å². The second-order valence-electron chi connectivity index (χ2n) is 7.64. The minimum absolute atomic E-state index is 0.501. The fourth-order valence-electron chi connectivity index (χ4n) is 4.02. The summed E-state index contributed by atoms with van der Waals surface area (Å²) in [5.74, 6) is 0. The first-order valence-electron chi connectivity index (χ1n) is 8.66. The van der Waals surface area contributed by atoms with E-state index in [0.717, 1.165) is 18.6 Å². The van der Waals surface area contributed by atoms with Crippen LogP contribution in [0.15, 0.2) is 30.3 Å². The van der Waals surface area contributed by atoms with Crippen molar-refractivity contribution in [3.8, 4) is 0 Å². The molecule has 1 heterocycles. The summed E-state index contributed by atoms with van der Waals surface area (Å²) < 4.78 is 0. The van der Waals surface area contributed by atoms with E-state index in [1.165, 1.54) is 50.8 Å². The van der Waals surface area contributed by atoms with Crippen molar-refractivity contribution in [2.45, 2.75) is 64.6 Å². The number of benzene rings is 1. The number of piperidine rings is 1. The van der Waals surface area contributed by atoms with Crippen LogP contribution in [0.1, 0.15) is 51.5 Å². The predicted molar refractivity (Wildman–Crippen MR) is 89.3 cm³/mol. The summed E-state index contributed by atoms with van der Waals surface area (Å²) in [4.78, 5) is 2.60. The molecule has 2 aliphatic rings. The molecule has 0 amide bonds. The van der Waals surface area contributed by atoms with E-state index in [1.54, 1.807) is 0 Å². The summed E-state index contributed by atoms with van der Waals surface area (Å²) in [6.45, 7) is 8.45. The van der Waals surface area contributed by atoms with Crippen LogP contribution in [0.3, 0.4) is 0 Å². The van der Waals surface area contributed by atoms with Gasteiger partial charge in [-0.15, -0.1) is 0 Å². The smallest absolute Gasteiger partial charge is 0.0233 e. The maximum Gasteiger partial charge on any atom is 0.0233 e. The van der Waals surface area contributed by atoms with Crippen LogP contribution in [0.5, 0.6) is 0 Å². The highest BCUT2D eigenvalue weighted by Gasteiger charge is 2.35. The highest BCUT2D eigenvalue weighted by molar-refractivity contribution is 5.14. The van der Waals surface area contributed by atoms with E-state index >= 15 is 0 Å². The molecule has 1 unspecified atom stereocenters. The Hall–Kier alpha value is -0.860. The zero-order chi connectivity index (χ0) is 14.7. The molecule has 3 rings (SSSR count). The second-order valence-corrected chi connectivity index (χ2v) is 7.64. The number of hydrogen-bond donors (Lipinski definition) is 1. The van der Waals surface area contributed by atoms with Gasteiger partial charge in [-0.2, -0.15) is 0 Å². The Bertz CT molecular complexity index is 432. The molecule has 2 heteroatoms. The Balaban J connectivity index is 1.45. The van der Waals surface area contributed by atoms with Gasteiger partial charge in [0, 0.05) is 18.6 Å². The largest absolute Gasteiger partial charge is 0.311 e. The van der Waals surface area contributed by atoms with Crippen LogP contribution < -0.4 is 5.32 Å². The van der Waals surface area contributed by atoms with Gasteiger partial charge in [0.2, 0.25) is 0 Å². The van der Waals surface area contributed by atoms with Crippen molar-refractivity contribution in [1.82, 2.24) is 10.2 Å². The molecule has 0 radical (unpaired) electrons. The topological polar surface area (TPSA) is 15.3 Å². The first kappa shape index (κ1) is 15.1. The van der Waals surface area contributed by atoms with Crippen molar-refractivity contribution < 1.29 is 0 Å². The molecule has 2 fully saturated rings. The van der Waals surface area contributed by atoms with Gasteiger partial charge in [-0.3, -0.25) is 4.90 Å². The van der Waals surface area contributed by atoms with Crippen LogP contribution in [0.25, 0.3) is 0 Å². The summed E-state index contributed by atoms with van der Waals surface area (Å²) in [5, 5.41) is 3.97. The van der Waals surface area contributed by atoms with Crippen LogP contribution in [0.4, 0.5) is 0 Å². The minimum atomic E-state index is 0.501. The Kier molecular flexibility index (Phi) is 4.66. The zero-order valence-electron chi connectivity index (χ0n) is 13.6. The average Bonchev–Trinajstić information content (AvgIpc) is 2.81. The summed E-state index contributed by atoms with van der Waals surface area (Å²) in [5.41, 5.74) is 1.95. The lowest BCUT2D eigenvalue weighted by atomic mass is 9.86.